The predicted octanol–water partition coefficient (Wildman–Crippen LogP) is 5.35. The summed E-state index contributed by atoms with van der Waals surface area (Å²) in [5.74, 6) is -1.46. The zero-order chi connectivity index (χ0) is 21.7. The number of imide groups is 1. The smallest absolute Gasteiger partial charge is 0.266 e. The first-order valence-corrected chi connectivity index (χ1v) is 10.6. The lowest BCUT2D eigenvalue weighted by molar-refractivity contribution is -0.126. The number of anilines is 2. The van der Waals surface area contributed by atoms with Crippen LogP contribution in [0.25, 0.3) is 0 Å². The van der Waals surface area contributed by atoms with Crippen molar-refractivity contribution in [3.8, 4) is 0 Å². The quantitative estimate of drug-likeness (QED) is 0.502. The average molecular weight is 453 g/mol. The van der Waals surface area contributed by atoms with Gasteiger partial charge in [-0.15, -0.1) is 0 Å². The third kappa shape index (κ3) is 3.39. The first-order chi connectivity index (χ1) is 14.9. The van der Waals surface area contributed by atoms with E-state index in [4.69, 9.17) is 28.0 Å². The molecule has 31 heavy (non-hydrogen) atoms. The molecule has 2 fully saturated rings. The average Bonchev–Trinajstić information content (AvgIpc) is 3.25. The Balaban J connectivity index is 1.59. The zero-order valence-electron chi connectivity index (χ0n) is 16.5. The molecule has 2 saturated heterocycles. The minimum absolute atomic E-state index is 0.336. The summed E-state index contributed by atoms with van der Waals surface area (Å²) in [7, 11) is 0. The molecule has 0 aliphatic carbocycles. The van der Waals surface area contributed by atoms with E-state index >= 15 is 0 Å². The third-order valence-corrected chi connectivity index (χ3v) is 6.09. The molecule has 2 heterocycles. The molecule has 0 aromatic heterocycles. The van der Waals surface area contributed by atoms with Crippen LogP contribution in [0.15, 0.2) is 72.8 Å². The number of fused-ring (bicyclic) bond motifs is 1. The van der Waals surface area contributed by atoms with Crippen LogP contribution in [0.4, 0.5) is 11.4 Å². The first kappa shape index (κ1) is 20.1. The molecule has 3 aromatic rings. The molecule has 0 spiro atoms. The van der Waals surface area contributed by atoms with Crippen LogP contribution in [0.2, 0.25) is 10.0 Å². The Morgan fingerprint density at radius 1 is 0.806 bits per heavy atom. The van der Waals surface area contributed by atoms with Gasteiger partial charge in [0, 0.05) is 10.0 Å². The normalized spacial score (nSPS) is 22.9. The Morgan fingerprint density at radius 3 is 2.10 bits per heavy atom. The summed E-state index contributed by atoms with van der Waals surface area (Å²) in [6, 6.07) is 21.6. The number of aryl methyl sites for hydroxylation is 1. The van der Waals surface area contributed by atoms with E-state index in [0.29, 0.717) is 15.7 Å². The third-order valence-electron chi connectivity index (χ3n) is 5.65. The number of hydroxylamine groups is 1. The first-order valence-electron chi connectivity index (χ1n) is 9.85. The van der Waals surface area contributed by atoms with Gasteiger partial charge in [0.25, 0.3) is 5.91 Å². The molecule has 2 amide bonds. The minimum Gasteiger partial charge on any atom is -0.273 e. The van der Waals surface area contributed by atoms with E-state index < -0.39 is 24.0 Å². The van der Waals surface area contributed by atoms with Gasteiger partial charge in [-0.05, 0) is 42.8 Å². The Hall–Kier alpha value is -2.86. The lowest BCUT2D eigenvalue weighted by atomic mass is 9.90. The predicted molar refractivity (Wildman–Crippen MR) is 120 cm³/mol. The molecule has 5 rings (SSSR count). The van der Waals surface area contributed by atoms with Gasteiger partial charge in [0.2, 0.25) is 5.91 Å². The summed E-state index contributed by atoms with van der Waals surface area (Å²) < 4.78 is 0. The number of carbonyl (C=O) groups is 2. The van der Waals surface area contributed by atoms with Crippen molar-refractivity contribution < 1.29 is 14.4 Å². The molecule has 0 N–H and O–H groups in total. The molecule has 2 aliphatic rings. The van der Waals surface area contributed by atoms with Crippen LogP contribution < -0.4 is 9.96 Å². The summed E-state index contributed by atoms with van der Waals surface area (Å²) in [5, 5.41) is 2.38. The highest BCUT2D eigenvalue weighted by Crippen LogP contribution is 2.47. The van der Waals surface area contributed by atoms with Crippen LogP contribution >= 0.6 is 23.2 Å². The van der Waals surface area contributed by atoms with Crippen LogP contribution in [-0.2, 0) is 14.4 Å². The molecular weight excluding hydrogens is 435 g/mol. The Bertz CT molecular complexity index is 1150. The summed E-state index contributed by atoms with van der Waals surface area (Å²) in [4.78, 5) is 34.1. The maximum Gasteiger partial charge on any atom is 0.266 e. The number of amides is 2. The molecule has 0 saturated carbocycles. The molecule has 0 unspecified atom stereocenters. The van der Waals surface area contributed by atoms with Gasteiger partial charge in [-0.2, -0.15) is 0 Å². The molecular formula is C24H18Cl2N2O3. The molecule has 156 valence electrons. The van der Waals surface area contributed by atoms with E-state index in [1.165, 1.54) is 0 Å². The number of hydrogen-bond donors (Lipinski definition) is 0. The van der Waals surface area contributed by atoms with Crippen LogP contribution in [0.3, 0.4) is 0 Å². The highest BCUT2D eigenvalue weighted by molar-refractivity contribution is 6.35. The number of carbonyl (C=O) groups excluding carboxylic acids is 2. The molecule has 2 aliphatic heterocycles. The lowest BCUT2D eigenvalue weighted by Crippen LogP contribution is -2.37. The second-order valence-electron chi connectivity index (χ2n) is 7.71. The molecule has 5 nitrogen and oxygen atoms in total. The monoisotopic (exact) mass is 452 g/mol. The van der Waals surface area contributed by atoms with Gasteiger partial charge in [-0.1, -0.05) is 71.2 Å². The molecule has 3 aromatic carbocycles. The van der Waals surface area contributed by atoms with E-state index in [-0.39, 0.29) is 5.91 Å². The van der Waals surface area contributed by atoms with Crippen LogP contribution in [0.5, 0.6) is 0 Å². The maximum absolute atomic E-state index is 13.6. The number of rotatable bonds is 3. The Morgan fingerprint density at radius 2 is 1.45 bits per heavy atom. The number of para-hydroxylation sites is 1. The van der Waals surface area contributed by atoms with Gasteiger partial charge < -0.3 is 0 Å². The van der Waals surface area contributed by atoms with Gasteiger partial charge in [0.1, 0.15) is 5.92 Å². The van der Waals surface area contributed by atoms with E-state index in [0.717, 1.165) is 21.7 Å². The summed E-state index contributed by atoms with van der Waals surface area (Å²) >= 11 is 12.2. The largest absolute Gasteiger partial charge is 0.273 e. The van der Waals surface area contributed by atoms with Crippen molar-refractivity contribution in [1.29, 1.82) is 0 Å². The Labute approximate surface area is 189 Å². The summed E-state index contributed by atoms with van der Waals surface area (Å²) in [5.41, 5.74) is 3.13. The number of benzene rings is 3. The van der Waals surface area contributed by atoms with Crippen molar-refractivity contribution in [2.75, 3.05) is 9.96 Å². The van der Waals surface area contributed by atoms with Gasteiger partial charge in [-0.3, -0.25) is 14.4 Å². The van der Waals surface area contributed by atoms with E-state index in [2.05, 4.69) is 0 Å². The SMILES string of the molecule is Cc1ccc([C@@H]2[C@@H]3C(=O)N(c4cc(Cl)cc(Cl)c4)C(=O)[C@@H]3ON2c2ccccc2)cc1. The van der Waals surface area contributed by atoms with Gasteiger partial charge >= 0.3 is 0 Å². The van der Waals surface area contributed by atoms with Crippen LogP contribution in [0.1, 0.15) is 17.2 Å². The number of nitrogens with zero attached hydrogens (tertiary/aromatic N) is 2. The maximum atomic E-state index is 13.6. The summed E-state index contributed by atoms with van der Waals surface area (Å²) in [6.45, 7) is 2.00. The highest BCUT2D eigenvalue weighted by Gasteiger charge is 2.60. The van der Waals surface area contributed by atoms with Crippen molar-refractivity contribution in [3.05, 3.63) is 94.0 Å². The number of hydrogen-bond acceptors (Lipinski definition) is 4. The van der Waals surface area contributed by atoms with Crippen molar-refractivity contribution in [1.82, 2.24) is 0 Å². The highest BCUT2D eigenvalue weighted by atomic mass is 35.5. The van der Waals surface area contributed by atoms with Crippen molar-refractivity contribution in [2.24, 2.45) is 5.92 Å². The fraction of sp³-hybridized carbons (Fsp3) is 0.167. The molecule has 7 heteroatoms. The molecule has 0 radical (unpaired) electrons. The van der Waals surface area contributed by atoms with Gasteiger partial charge in [-0.25, -0.2) is 9.96 Å². The number of halogens is 2. The minimum atomic E-state index is -0.934. The van der Waals surface area contributed by atoms with E-state index in [1.54, 1.807) is 23.3 Å². The fourth-order valence-electron chi connectivity index (χ4n) is 4.24. The molecule has 3 atom stereocenters. The lowest BCUT2D eigenvalue weighted by Gasteiger charge is -2.29. The second kappa shape index (κ2) is 7.68. The summed E-state index contributed by atoms with van der Waals surface area (Å²) in [6.07, 6.45) is -0.934. The van der Waals surface area contributed by atoms with Gasteiger partial charge in [0.15, 0.2) is 6.10 Å². The standard InChI is InChI=1S/C24H18Cl2N2O3/c1-14-7-9-15(10-8-14)21-20-22(31-28(21)18-5-3-2-4-6-18)24(30)27(23(20)29)19-12-16(25)11-17(26)13-19/h2-13,20-22H,1H3/t20-,21+,22+/m0/s1. The van der Waals surface area contributed by atoms with E-state index in [9.17, 15) is 9.59 Å². The van der Waals surface area contributed by atoms with E-state index in [1.807, 2.05) is 61.5 Å². The van der Waals surface area contributed by atoms with Crippen molar-refractivity contribution >= 4 is 46.4 Å². The fourth-order valence-corrected chi connectivity index (χ4v) is 4.75. The van der Waals surface area contributed by atoms with Crippen molar-refractivity contribution in [2.45, 2.75) is 19.1 Å². The Kier molecular flexibility index (Phi) is 4.97. The topological polar surface area (TPSA) is 49.9 Å². The van der Waals surface area contributed by atoms with Crippen molar-refractivity contribution in [3.63, 3.8) is 0 Å². The van der Waals surface area contributed by atoms with Gasteiger partial charge in [0.05, 0.1) is 17.4 Å². The zero-order valence-corrected chi connectivity index (χ0v) is 18.0. The second-order valence-corrected chi connectivity index (χ2v) is 8.58. The van der Waals surface area contributed by atoms with Crippen LogP contribution in [-0.4, -0.2) is 17.9 Å². The molecule has 0 bridgehead atoms. The van der Waals surface area contributed by atoms with Crippen LogP contribution in [0, 0.1) is 12.8 Å².